The maximum Gasteiger partial charge on any atom is 0.0593 e. The zero-order valence-electron chi connectivity index (χ0n) is 10.1. The topological polar surface area (TPSA) is 32.7 Å². The molecule has 1 aliphatic rings. The largest absolute Gasteiger partial charge is 0.393 e. The monoisotopic (exact) mass is 215 g/mol. The van der Waals surface area contributed by atoms with Crippen LogP contribution in [-0.4, -0.2) is 48.5 Å². The summed E-state index contributed by atoms with van der Waals surface area (Å²) >= 11 is 0. The predicted octanol–water partition coefficient (Wildman–Crippen LogP) is 1.65. The minimum Gasteiger partial charge on any atom is -0.393 e. The van der Waals surface area contributed by atoms with E-state index in [-0.39, 0.29) is 6.10 Å². The average Bonchev–Trinajstić information content (AvgIpc) is 2.59. The van der Waals surface area contributed by atoms with Crippen LogP contribution in [-0.2, 0) is 4.74 Å². The van der Waals surface area contributed by atoms with E-state index in [4.69, 9.17) is 4.74 Å². The van der Waals surface area contributed by atoms with Crippen molar-refractivity contribution in [3.05, 3.63) is 0 Å². The molecule has 3 heteroatoms. The summed E-state index contributed by atoms with van der Waals surface area (Å²) in [6.07, 6.45) is 4.33. The van der Waals surface area contributed by atoms with E-state index in [1.165, 1.54) is 19.4 Å². The summed E-state index contributed by atoms with van der Waals surface area (Å²) in [7, 11) is 0. The molecule has 1 rings (SSSR count). The van der Waals surface area contributed by atoms with Gasteiger partial charge in [-0.1, -0.05) is 6.92 Å². The molecule has 0 bridgehead atoms. The van der Waals surface area contributed by atoms with Crippen molar-refractivity contribution >= 4 is 0 Å². The van der Waals surface area contributed by atoms with Crippen LogP contribution in [0.25, 0.3) is 0 Å². The molecule has 0 radical (unpaired) electrons. The molecular formula is C12H25NO2. The summed E-state index contributed by atoms with van der Waals surface area (Å²) in [5, 5.41) is 9.38. The SMILES string of the molecule is CCCOCCN1CCCC1CC(C)O. The van der Waals surface area contributed by atoms with E-state index in [2.05, 4.69) is 11.8 Å². The standard InChI is InChI=1S/C12H25NO2/c1-3-8-15-9-7-13-6-4-5-12(13)10-11(2)14/h11-12,14H,3-10H2,1-2H3. The van der Waals surface area contributed by atoms with Gasteiger partial charge in [0, 0.05) is 19.2 Å². The third-order valence-corrected chi connectivity index (χ3v) is 2.98. The number of likely N-dealkylation sites (tertiary alicyclic amines) is 1. The van der Waals surface area contributed by atoms with Gasteiger partial charge in [0.05, 0.1) is 12.7 Å². The first-order valence-electron chi connectivity index (χ1n) is 6.24. The summed E-state index contributed by atoms with van der Waals surface area (Å²) in [5.41, 5.74) is 0. The van der Waals surface area contributed by atoms with Gasteiger partial charge >= 0.3 is 0 Å². The molecule has 1 N–H and O–H groups in total. The van der Waals surface area contributed by atoms with Gasteiger partial charge < -0.3 is 9.84 Å². The van der Waals surface area contributed by atoms with Crippen LogP contribution in [0.3, 0.4) is 0 Å². The normalized spacial score (nSPS) is 24.6. The highest BCUT2D eigenvalue weighted by atomic mass is 16.5. The smallest absolute Gasteiger partial charge is 0.0593 e. The molecule has 90 valence electrons. The molecule has 2 atom stereocenters. The Kier molecular flexibility index (Phi) is 6.22. The maximum atomic E-state index is 9.38. The molecular weight excluding hydrogens is 190 g/mol. The molecule has 15 heavy (non-hydrogen) atoms. The number of aliphatic hydroxyl groups excluding tert-OH is 1. The number of ether oxygens (including phenoxy) is 1. The fraction of sp³-hybridized carbons (Fsp3) is 1.00. The molecule has 0 aromatic rings. The second-order valence-corrected chi connectivity index (χ2v) is 4.53. The fourth-order valence-corrected chi connectivity index (χ4v) is 2.28. The van der Waals surface area contributed by atoms with Crippen LogP contribution < -0.4 is 0 Å². The van der Waals surface area contributed by atoms with Crippen molar-refractivity contribution in [3.63, 3.8) is 0 Å². The fourth-order valence-electron chi connectivity index (χ4n) is 2.28. The summed E-state index contributed by atoms with van der Waals surface area (Å²) in [6.45, 7) is 7.92. The molecule has 3 nitrogen and oxygen atoms in total. The van der Waals surface area contributed by atoms with Gasteiger partial charge in [0.15, 0.2) is 0 Å². The minimum absolute atomic E-state index is 0.174. The number of hydrogen-bond acceptors (Lipinski definition) is 3. The Hall–Kier alpha value is -0.120. The number of hydrogen-bond donors (Lipinski definition) is 1. The van der Waals surface area contributed by atoms with Gasteiger partial charge in [-0.25, -0.2) is 0 Å². The van der Waals surface area contributed by atoms with Gasteiger partial charge in [0.25, 0.3) is 0 Å². The van der Waals surface area contributed by atoms with E-state index < -0.39 is 0 Å². The second-order valence-electron chi connectivity index (χ2n) is 4.53. The van der Waals surface area contributed by atoms with Crippen LogP contribution in [0.1, 0.15) is 39.5 Å². The van der Waals surface area contributed by atoms with Crippen molar-refractivity contribution in [2.45, 2.75) is 51.7 Å². The Morgan fingerprint density at radius 2 is 2.27 bits per heavy atom. The molecule has 1 heterocycles. The highest BCUT2D eigenvalue weighted by molar-refractivity contribution is 4.80. The molecule has 1 saturated heterocycles. The highest BCUT2D eigenvalue weighted by Gasteiger charge is 2.24. The van der Waals surface area contributed by atoms with Gasteiger partial charge in [0.2, 0.25) is 0 Å². The minimum atomic E-state index is -0.174. The Balaban J connectivity index is 2.15. The highest BCUT2D eigenvalue weighted by Crippen LogP contribution is 2.20. The average molecular weight is 215 g/mol. The van der Waals surface area contributed by atoms with Gasteiger partial charge in [0.1, 0.15) is 0 Å². The van der Waals surface area contributed by atoms with E-state index in [1.807, 2.05) is 6.92 Å². The van der Waals surface area contributed by atoms with Crippen LogP contribution in [0.15, 0.2) is 0 Å². The Bertz CT molecular complexity index is 162. The van der Waals surface area contributed by atoms with Crippen LogP contribution in [0.5, 0.6) is 0 Å². The lowest BCUT2D eigenvalue weighted by Crippen LogP contribution is -2.34. The lowest BCUT2D eigenvalue weighted by molar-refractivity contribution is 0.0843. The molecule has 0 saturated carbocycles. The molecule has 0 aliphatic carbocycles. The summed E-state index contributed by atoms with van der Waals surface area (Å²) in [6, 6.07) is 0.579. The van der Waals surface area contributed by atoms with Gasteiger partial charge in [-0.3, -0.25) is 4.90 Å². The zero-order valence-corrected chi connectivity index (χ0v) is 10.1. The first-order chi connectivity index (χ1) is 7.24. The summed E-state index contributed by atoms with van der Waals surface area (Å²) in [4.78, 5) is 2.46. The van der Waals surface area contributed by atoms with Crippen molar-refractivity contribution in [3.8, 4) is 0 Å². The third kappa shape index (κ3) is 4.96. The van der Waals surface area contributed by atoms with Crippen molar-refractivity contribution < 1.29 is 9.84 Å². The van der Waals surface area contributed by atoms with Crippen molar-refractivity contribution in [2.24, 2.45) is 0 Å². The maximum absolute atomic E-state index is 9.38. The first-order valence-corrected chi connectivity index (χ1v) is 6.24. The zero-order chi connectivity index (χ0) is 11.1. The molecule has 0 aromatic heterocycles. The van der Waals surface area contributed by atoms with Crippen LogP contribution in [0, 0.1) is 0 Å². The van der Waals surface area contributed by atoms with Crippen LogP contribution in [0.4, 0.5) is 0 Å². The first kappa shape index (κ1) is 12.9. The Morgan fingerprint density at radius 3 is 2.93 bits per heavy atom. The van der Waals surface area contributed by atoms with Gasteiger partial charge in [-0.05, 0) is 39.2 Å². The van der Waals surface area contributed by atoms with Crippen molar-refractivity contribution in [1.29, 1.82) is 0 Å². The quantitative estimate of drug-likeness (QED) is 0.655. The van der Waals surface area contributed by atoms with Crippen molar-refractivity contribution in [1.82, 2.24) is 4.90 Å². The van der Waals surface area contributed by atoms with E-state index >= 15 is 0 Å². The number of aliphatic hydroxyl groups is 1. The van der Waals surface area contributed by atoms with E-state index in [1.54, 1.807) is 0 Å². The van der Waals surface area contributed by atoms with E-state index in [0.29, 0.717) is 6.04 Å². The Labute approximate surface area is 93.4 Å². The molecule has 0 amide bonds. The third-order valence-electron chi connectivity index (χ3n) is 2.98. The summed E-state index contributed by atoms with van der Waals surface area (Å²) < 4.78 is 5.49. The molecule has 0 aromatic carbocycles. The predicted molar refractivity (Wildman–Crippen MR) is 62.0 cm³/mol. The van der Waals surface area contributed by atoms with Crippen LogP contribution >= 0.6 is 0 Å². The summed E-state index contributed by atoms with van der Waals surface area (Å²) in [5.74, 6) is 0. The second kappa shape index (κ2) is 7.20. The molecule has 1 fully saturated rings. The molecule has 1 aliphatic heterocycles. The molecule has 0 spiro atoms. The van der Waals surface area contributed by atoms with Gasteiger partial charge in [-0.15, -0.1) is 0 Å². The number of nitrogens with zero attached hydrogens (tertiary/aromatic N) is 1. The van der Waals surface area contributed by atoms with Crippen molar-refractivity contribution in [2.75, 3.05) is 26.3 Å². The van der Waals surface area contributed by atoms with Gasteiger partial charge in [-0.2, -0.15) is 0 Å². The molecule has 2 unspecified atom stereocenters. The lowest BCUT2D eigenvalue weighted by Gasteiger charge is -2.25. The van der Waals surface area contributed by atoms with E-state index in [0.717, 1.165) is 32.6 Å². The Morgan fingerprint density at radius 1 is 1.47 bits per heavy atom. The number of rotatable bonds is 7. The lowest BCUT2D eigenvalue weighted by atomic mass is 10.1. The van der Waals surface area contributed by atoms with E-state index in [9.17, 15) is 5.11 Å². The van der Waals surface area contributed by atoms with Crippen LogP contribution in [0.2, 0.25) is 0 Å².